The van der Waals surface area contributed by atoms with Gasteiger partial charge in [-0.15, -0.1) is 0 Å². The predicted molar refractivity (Wildman–Crippen MR) is 107 cm³/mol. The maximum absolute atomic E-state index is 10.3. The fraction of sp³-hybridized carbons (Fsp3) is 0.474. The highest BCUT2D eigenvalue weighted by atomic mass is 16.5. The molecule has 9 nitrogen and oxygen atoms in total. The highest BCUT2D eigenvalue weighted by molar-refractivity contribution is 5.61. The number of hydrogen-bond donors (Lipinski definition) is 3. The first kappa shape index (κ1) is 20.0. The van der Waals surface area contributed by atoms with Crippen molar-refractivity contribution in [3.8, 4) is 17.1 Å². The summed E-state index contributed by atoms with van der Waals surface area (Å²) in [6.45, 7) is 5.78. The molecule has 1 saturated heterocycles. The molecule has 3 aromatic rings. The Balaban J connectivity index is 0.000000320. The van der Waals surface area contributed by atoms with E-state index in [1.807, 2.05) is 0 Å². The van der Waals surface area contributed by atoms with Crippen molar-refractivity contribution in [1.82, 2.24) is 29.9 Å². The number of imidazole rings is 1. The number of nitrogens with zero attached hydrogens (tertiary/aromatic N) is 5. The van der Waals surface area contributed by atoms with E-state index >= 15 is 0 Å². The van der Waals surface area contributed by atoms with Gasteiger partial charge < -0.3 is 20.9 Å². The predicted octanol–water partition coefficient (Wildman–Crippen LogP) is 1.76. The Labute approximate surface area is 164 Å². The summed E-state index contributed by atoms with van der Waals surface area (Å²) < 4.78 is 6.89. The number of piperidine rings is 1. The van der Waals surface area contributed by atoms with Crippen LogP contribution in [0.4, 0.5) is 5.95 Å². The lowest BCUT2D eigenvalue weighted by Crippen LogP contribution is -2.21. The zero-order chi connectivity index (χ0) is 20.1. The van der Waals surface area contributed by atoms with Crippen LogP contribution in [-0.2, 0) is 5.60 Å². The summed E-state index contributed by atoms with van der Waals surface area (Å²) in [5.41, 5.74) is 6.69. The van der Waals surface area contributed by atoms with Gasteiger partial charge in [0.1, 0.15) is 22.7 Å². The zero-order valence-corrected chi connectivity index (χ0v) is 16.5. The third kappa shape index (κ3) is 4.55. The number of rotatable bonds is 3. The summed E-state index contributed by atoms with van der Waals surface area (Å²) in [7, 11) is 1.53. The fourth-order valence-corrected chi connectivity index (χ4v) is 2.97. The molecular weight excluding hydrogens is 358 g/mol. The quantitative estimate of drug-likeness (QED) is 0.623. The Kier molecular flexibility index (Phi) is 6.05. The lowest BCUT2D eigenvalue weighted by atomic mass is 10.0. The smallest absolute Gasteiger partial charge is 0.220 e. The Morgan fingerprint density at radius 1 is 1.21 bits per heavy atom. The summed E-state index contributed by atoms with van der Waals surface area (Å²) in [4.78, 5) is 12.3. The van der Waals surface area contributed by atoms with E-state index in [0.29, 0.717) is 28.5 Å². The van der Waals surface area contributed by atoms with Crippen molar-refractivity contribution in [3.05, 3.63) is 30.2 Å². The van der Waals surface area contributed by atoms with Crippen LogP contribution in [0.25, 0.3) is 17.0 Å². The molecule has 0 unspecified atom stereocenters. The number of aromatic nitrogens is 5. The van der Waals surface area contributed by atoms with Crippen LogP contribution in [-0.4, -0.2) is 49.9 Å². The SMILES string of the molecule is C1CCNCC1.COc1cc2ncc(-c3ccnc(N)n3)n2nc1C(C)(C)O. The van der Waals surface area contributed by atoms with Crippen molar-refractivity contribution in [3.63, 3.8) is 0 Å². The van der Waals surface area contributed by atoms with Crippen molar-refractivity contribution in [2.75, 3.05) is 25.9 Å². The molecule has 3 aromatic heterocycles. The first-order valence-corrected chi connectivity index (χ1v) is 9.35. The van der Waals surface area contributed by atoms with Crippen LogP contribution in [0.5, 0.6) is 5.75 Å². The Morgan fingerprint density at radius 3 is 2.50 bits per heavy atom. The molecule has 9 heteroatoms. The Morgan fingerprint density at radius 2 is 1.96 bits per heavy atom. The summed E-state index contributed by atoms with van der Waals surface area (Å²) in [6.07, 6.45) is 7.42. The lowest BCUT2D eigenvalue weighted by molar-refractivity contribution is 0.0694. The van der Waals surface area contributed by atoms with Crippen LogP contribution in [0.2, 0.25) is 0 Å². The first-order chi connectivity index (χ1) is 13.4. The van der Waals surface area contributed by atoms with Gasteiger partial charge in [0.15, 0.2) is 5.65 Å². The summed E-state index contributed by atoms with van der Waals surface area (Å²) >= 11 is 0. The average molecular weight is 385 g/mol. The fourth-order valence-electron chi connectivity index (χ4n) is 2.97. The minimum absolute atomic E-state index is 0.170. The monoisotopic (exact) mass is 385 g/mol. The van der Waals surface area contributed by atoms with E-state index in [-0.39, 0.29) is 5.95 Å². The molecule has 4 rings (SSSR count). The van der Waals surface area contributed by atoms with Crippen LogP contribution >= 0.6 is 0 Å². The van der Waals surface area contributed by atoms with Gasteiger partial charge in [0, 0.05) is 12.3 Å². The van der Waals surface area contributed by atoms with Crippen molar-refractivity contribution >= 4 is 11.6 Å². The molecule has 1 aliphatic heterocycles. The van der Waals surface area contributed by atoms with Gasteiger partial charge >= 0.3 is 0 Å². The minimum atomic E-state index is -1.16. The second kappa shape index (κ2) is 8.49. The molecule has 0 aliphatic carbocycles. The second-order valence-corrected chi connectivity index (χ2v) is 7.14. The molecule has 1 fully saturated rings. The van der Waals surface area contributed by atoms with E-state index in [0.717, 1.165) is 0 Å². The van der Waals surface area contributed by atoms with Gasteiger partial charge in [0.25, 0.3) is 0 Å². The molecule has 0 aromatic carbocycles. The molecule has 0 radical (unpaired) electrons. The van der Waals surface area contributed by atoms with Crippen LogP contribution < -0.4 is 15.8 Å². The third-order valence-electron chi connectivity index (χ3n) is 4.40. The molecule has 150 valence electrons. The minimum Gasteiger partial charge on any atom is -0.495 e. The second-order valence-electron chi connectivity index (χ2n) is 7.14. The van der Waals surface area contributed by atoms with Crippen LogP contribution in [0, 0.1) is 0 Å². The van der Waals surface area contributed by atoms with E-state index in [4.69, 9.17) is 10.5 Å². The van der Waals surface area contributed by atoms with E-state index in [1.165, 1.54) is 39.5 Å². The van der Waals surface area contributed by atoms with Gasteiger partial charge in [0.2, 0.25) is 5.95 Å². The lowest BCUT2D eigenvalue weighted by Gasteiger charge is -2.19. The number of anilines is 1. The summed E-state index contributed by atoms with van der Waals surface area (Å²) in [5, 5.41) is 18.0. The van der Waals surface area contributed by atoms with E-state index in [1.54, 1.807) is 42.9 Å². The average Bonchev–Trinajstić information content (AvgIpc) is 3.11. The molecule has 0 saturated carbocycles. The molecule has 4 heterocycles. The van der Waals surface area contributed by atoms with E-state index < -0.39 is 5.60 Å². The number of ether oxygens (including phenoxy) is 1. The number of nitrogens with two attached hydrogens (primary N) is 1. The van der Waals surface area contributed by atoms with Crippen molar-refractivity contribution in [2.45, 2.75) is 38.7 Å². The number of nitrogens with one attached hydrogen (secondary N) is 1. The molecular formula is C19H27N7O2. The van der Waals surface area contributed by atoms with Gasteiger partial charge in [-0.1, -0.05) is 6.42 Å². The van der Waals surface area contributed by atoms with E-state index in [2.05, 4.69) is 25.4 Å². The van der Waals surface area contributed by atoms with Gasteiger partial charge in [-0.3, -0.25) is 0 Å². The van der Waals surface area contributed by atoms with Gasteiger partial charge in [-0.05, 0) is 45.8 Å². The van der Waals surface area contributed by atoms with Crippen molar-refractivity contribution in [1.29, 1.82) is 0 Å². The molecule has 0 amide bonds. The molecule has 4 N–H and O–H groups in total. The van der Waals surface area contributed by atoms with Crippen molar-refractivity contribution < 1.29 is 9.84 Å². The van der Waals surface area contributed by atoms with Gasteiger partial charge in [-0.25, -0.2) is 19.5 Å². The number of aliphatic hydroxyl groups is 1. The van der Waals surface area contributed by atoms with Gasteiger partial charge in [0.05, 0.1) is 19.0 Å². The standard InChI is InChI=1S/C14H16N6O2.C5H11N/c1-14(2,21)12-10(22-3)6-11-17-7-9(20(11)19-12)8-4-5-16-13(15)18-8;1-2-4-6-5-3-1/h4-7,21H,1-3H3,(H2,15,16,18);6H,1-5H2. The Hall–Kier alpha value is -2.78. The zero-order valence-electron chi connectivity index (χ0n) is 16.5. The maximum atomic E-state index is 10.3. The van der Waals surface area contributed by atoms with Crippen molar-refractivity contribution in [2.24, 2.45) is 0 Å². The van der Waals surface area contributed by atoms with Crippen LogP contribution in [0.1, 0.15) is 38.8 Å². The van der Waals surface area contributed by atoms with Crippen LogP contribution in [0.3, 0.4) is 0 Å². The molecule has 1 aliphatic rings. The summed E-state index contributed by atoms with van der Waals surface area (Å²) in [5.74, 6) is 0.642. The summed E-state index contributed by atoms with van der Waals surface area (Å²) in [6, 6.07) is 3.43. The largest absolute Gasteiger partial charge is 0.495 e. The van der Waals surface area contributed by atoms with E-state index in [9.17, 15) is 5.11 Å². The number of hydrogen-bond acceptors (Lipinski definition) is 8. The highest BCUT2D eigenvalue weighted by Crippen LogP contribution is 2.29. The third-order valence-corrected chi connectivity index (χ3v) is 4.40. The number of fused-ring (bicyclic) bond motifs is 1. The van der Waals surface area contributed by atoms with Crippen LogP contribution in [0.15, 0.2) is 24.5 Å². The number of methoxy groups -OCH3 is 1. The molecule has 0 spiro atoms. The van der Waals surface area contributed by atoms with Gasteiger partial charge in [-0.2, -0.15) is 5.10 Å². The normalized spacial score (nSPS) is 14.4. The molecule has 0 bridgehead atoms. The first-order valence-electron chi connectivity index (χ1n) is 9.35. The maximum Gasteiger partial charge on any atom is 0.220 e. The number of nitrogen functional groups attached to an aromatic ring is 1. The highest BCUT2D eigenvalue weighted by Gasteiger charge is 2.25. The molecule has 0 atom stereocenters. The topological polar surface area (TPSA) is 123 Å². The Bertz CT molecular complexity index is 918. The molecule has 28 heavy (non-hydrogen) atoms.